The van der Waals surface area contributed by atoms with Crippen molar-refractivity contribution < 1.29 is 9.53 Å². The monoisotopic (exact) mass is 252 g/mol. The summed E-state index contributed by atoms with van der Waals surface area (Å²) in [7, 11) is 0. The van der Waals surface area contributed by atoms with Crippen molar-refractivity contribution in [1.82, 2.24) is 0 Å². The van der Waals surface area contributed by atoms with Gasteiger partial charge in [-0.2, -0.15) is 0 Å². The van der Waals surface area contributed by atoms with Gasteiger partial charge in [-0.1, -0.05) is 49.4 Å². The van der Waals surface area contributed by atoms with Crippen LogP contribution in [0.3, 0.4) is 0 Å². The third kappa shape index (κ3) is 1.93. The van der Waals surface area contributed by atoms with E-state index in [4.69, 9.17) is 4.74 Å². The lowest BCUT2D eigenvalue weighted by atomic mass is 9.82. The molecule has 0 saturated carbocycles. The summed E-state index contributed by atoms with van der Waals surface area (Å²) in [6.45, 7) is 2.06. The summed E-state index contributed by atoms with van der Waals surface area (Å²) in [6.07, 6.45) is 1.18. The Hall–Kier alpha value is -2.09. The number of hydrogen-bond acceptors (Lipinski definition) is 2. The molecular weight excluding hydrogens is 236 g/mol. The number of fused-ring (bicyclic) bond motifs is 1. The van der Waals surface area contributed by atoms with Gasteiger partial charge in [0.15, 0.2) is 5.78 Å². The van der Waals surface area contributed by atoms with Crippen molar-refractivity contribution in [3.05, 3.63) is 65.7 Å². The zero-order chi connectivity index (χ0) is 13.3. The summed E-state index contributed by atoms with van der Waals surface area (Å²) in [5.74, 6) is 0.858. The Morgan fingerprint density at radius 3 is 2.47 bits per heavy atom. The van der Waals surface area contributed by atoms with E-state index in [1.807, 2.05) is 54.6 Å². The van der Waals surface area contributed by atoms with Crippen LogP contribution in [0.2, 0.25) is 0 Å². The molecule has 2 aromatic carbocycles. The fourth-order valence-corrected chi connectivity index (χ4v) is 2.69. The van der Waals surface area contributed by atoms with Crippen molar-refractivity contribution in [2.45, 2.75) is 25.4 Å². The molecule has 0 aliphatic carbocycles. The summed E-state index contributed by atoms with van der Waals surface area (Å²) < 4.78 is 6.20. The zero-order valence-electron chi connectivity index (χ0n) is 10.9. The molecule has 2 nitrogen and oxygen atoms in total. The summed E-state index contributed by atoms with van der Waals surface area (Å²) in [5.41, 5.74) is 1.25. The van der Waals surface area contributed by atoms with E-state index in [-0.39, 0.29) is 5.78 Å². The highest BCUT2D eigenvalue weighted by Crippen LogP contribution is 2.41. The maximum absolute atomic E-state index is 12.4. The summed E-state index contributed by atoms with van der Waals surface area (Å²) in [5, 5.41) is 0. The van der Waals surface area contributed by atoms with Gasteiger partial charge < -0.3 is 4.74 Å². The summed E-state index contributed by atoms with van der Waals surface area (Å²) >= 11 is 0. The Labute approximate surface area is 113 Å². The number of carbonyl (C=O) groups excluding carboxylic acids is 1. The van der Waals surface area contributed by atoms with Gasteiger partial charge >= 0.3 is 0 Å². The second-order valence-electron chi connectivity index (χ2n) is 4.91. The van der Waals surface area contributed by atoms with Crippen molar-refractivity contribution in [2.24, 2.45) is 0 Å². The molecule has 0 saturated heterocycles. The van der Waals surface area contributed by atoms with Crippen LogP contribution in [0.5, 0.6) is 5.75 Å². The van der Waals surface area contributed by atoms with Gasteiger partial charge in [0.25, 0.3) is 0 Å². The van der Waals surface area contributed by atoms with E-state index in [0.717, 1.165) is 12.0 Å². The maximum Gasteiger partial charge on any atom is 0.170 e. The maximum atomic E-state index is 12.4. The normalized spacial score (nSPS) is 21.6. The molecule has 2 aromatic rings. The predicted octanol–water partition coefficient (Wildman–Crippen LogP) is 3.96. The molecule has 1 atom stereocenters. The quantitative estimate of drug-likeness (QED) is 0.808. The van der Waals surface area contributed by atoms with Gasteiger partial charge in [-0.15, -0.1) is 0 Å². The lowest BCUT2D eigenvalue weighted by molar-refractivity contribution is 0.0351. The molecule has 2 heteroatoms. The second kappa shape index (κ2) is 4.54. The molecule has 1 aliphatic heterocycles. The predicted molar refractivity (Wildman–Crippen MR) is 74.4 cm³/mol. The average Bonchev–Trinajstić information content (AvgIpc) is 2.48. The fourth-order valence-electron chi connectivity index (χ4n) is 2.69. The first-order chi connectivity index (χ1) is 9.25. The number of ether oxygens (including phenoxy) is 1. The molecule has 0 fully saturated rings. The van der Waals surface area contributed by atoms with Gasteiger partial charge in [0.1, 0.15) is 11.4 Å². The molecule has 0 amide bonds. The van der Waals surface area contributed by atoms with E-state index in [1.165, 1.54) is 0 Å². The molecule has 0 bridgehead atoms. The van der Waals surface area contributed by atoms with E-state index < -0.39 is 5.60 Å². The molecule has 0 N–H and O–H groups in total. The van der Waals surface area contributed by atoms with Crippen LogP contribution in [0.25, 0.3) is 0 Å². The topological polar surface area (TPSA) is 26.3 Å². The first-order valence-corrected chi connectivity index (χ1v) is 6.62. The SMILES string of the molecule is CCC1(c2ccccc2)CC(=O)c2ccccc2O1. The van der Waals surface area contributed by atoms with Crippen LogP contribution in [0.4, 0.5) is 0 Å². The van der Waals surface area contributed by atoms with Crippen LogP contribution in [0, 0.1) is 0 Å². The van der Waals surface area contributed by atoms with Crippen molar-refractivity contribution in [1.29, 1.82) is 0 Å². The summed E-state index contributed by atoms with van der Waals surface area (Å²) in [4.78, 5) is 12.4. The number of para-hydroxylation sites is 1. The van der Waals surface area contributed by atoms with E-state index in [0.29, 0.717) is 17.7 Å². The molecule has 19 heavy (non-hydrogen) atoms. The Morgan fingerprint density at radius 1 is 1.05 bits per heavy atom. The van der Waals surface area contributed by atoms with Gasteiger partial charge in [0.05, 0.1) is 12.0 Å². The van der Waals surface area contributed by atoms with Crippen molar-refractivity contribution in [2.75, 3.05) is 0 Å². The molecule has 0 radical (unpaired) electrons. The van der Waals surface area contributed by atoms with Crippen LogP contribution < -0.4 is 4.74 Å². The molecule has 3 rings (SSSR count). The molecule has 1 aliphatic rings. The van der Waals surface area contributed by atoms with Crippen LogP contribution in [0.1, 0.15) is 35.7 Å². The third-order valence-corrected chi connectivity index (χ3v) is 3.81. The highest BCUT2D eigenvalue weighted by molar-refractivity contribution is 6.00. The molecular formula is C17H16O2. The van der Waals surface area contributed by atoms with Gasteiger partial charge in [0.2, 0.25) is 0 Å². The van der Waals surface area contributed by atoms with Gasteiger partial charge in [-0.05, 0) is 24.1 Å². The van der Waals surface area contributed by atoms with Crippen LogP contribution in [0.15, 0.2) is 54.6 Å². The number of benzene rings is 2. The molecule has 1 heterocycles. The van der Waals surface area contributed by atoms with E-state index in [1.54, 1.807) is 0 Å². The van der Waals surface area contributed by atoms with Crippen LogP contribution in [-0.2, 0) is 5.60 Å². The van der Waals surface area contributed by atoms with Crippen LogP contribution >= 0.6 is 0 Å². The van der Waals surface area contributed by atoms with Gasteiger partial charge in [-0.3, -0.25) is 4.79 Å². The molecule has 0 spiro atoms. The minimum atomic E-state index is -0.521. The first kappa shape index (κ1) is 12.0. The van der Waals surface area contributed by atoms with E-state index in [2.05, 4.69) is 6.92 Å². The Balaban J connectivity index is 2.09. The number of ketones is 1. The Morgan fingerprint density at radius 2 is 1.74 bits per heavy atom. The average molecular weight is 252 g/mol. The largest absolute Gasteiger partial charge is 0.481 e. The number of rotatable bonds is 2. The number of hydrogen-bond donors (Lipinski definition) is 0. The highest BCUT2D eigenvalue weighted by Gasteiger charge is 2.40. The lowest BCUT2D eigenvalue weighted by Gasteiger charge is -2.37. The fraction of sp³-hybridized carbons (Fsp3) is 0.235. The molecule has 0 aromatic heterocycles. The number of carbonyl (C=O) groups is 1. The smallest absolute Gasteiger partial charge is 0.170 e. The van der Waals surface area contributed by atoms with E-state index in [9.17, 15) is 4.79 Å². The van der Waals surface area contributed by atoms with Crippen molar-refractivity contribution in [3.8, 4) is 5.75 Å². The third-order valence-electron chi connectivity index (χ3n) is 3.81. The molecule has 96 valence electrons. The summed E-state index contributed by atoms with van der Waals surface area (Å²) in [6, 6.07) is 17.5. The van der Waals surface area contributed by atoms with Gasteiger partial charge in [0, 0.05) is 0 Å². The number of Topliss-reactive ketones (excluding diaryl/α,β-unsaturated/α-hetero) is 1. The zero-order valence-corrected chi connectivity index (χ0v) is 10.9. The highest BCUT2D eigenvalue weighted by atomic mass is 16.5. The first-order valence-electron chi connectivity index (χ1n) is 6.62. The Kier molecular flexibility index (Phi) is 2.86. The van der Waals surface area contributed by atoms with E-state index >= 15 is 0 Å². The standard InChI is InChI=1S/C17H16O2/c1-2-17(13-8-4-3-5-9-13)12-15(18)14-10-6-7-11-16(14)19-17/h3-11H,2,12H2,1H3. The minimum absolute atomic E-state index is 0.160. The van der Waals surface area contributed by atoms with Gasteiger partial charge in [-0.25, -0.2) is 0 Å². The Bertz CT molecular complexity index is 604. The second-order valence-corrected chi connectivity index (χ2v) is 4.91. The van der Waals surface area contributed by atoms with Crippen LogP contribution in [-0.4, -0.2) is 5.78 Å². The minimum Gasteiger partial charge on any atom is -0.481 e. The van der Waals surface area contributed by atoms with Crippen molar-refractivity contribution in [3.63, 3.8) is 0 Å². The van der Waals surface area contributed by atoms with Crippen molar-refractivity contribution >= 4 is 5.78 Å². The lowest BCUT2D eigenvalue weighted by Crippen LogP contribution is -2.38. The molecule has 1 unspecified atom stereocenters.